The fourth-order valence-corrected chi connectivity index (χ4v) is 5.60. The standard InChI is InChI=1S/C21H20F3N5O4S/c1-12-14-4-2-5-16(21(22,23)24)17(14)32-7-8-33-20-27-18-15(19(26-12)28-20)10-13(11-25-18)29-6-3-9-34(29,30)31/h2,4-5,10-12H,3,6-9H2,1H3,(H,25,26,27,28)/t12-/m1/s1. The number of nitrogens with zero attached hydrogens (tertiary/aromatic N) is 4. The van der Waals surface area contributed by atoms with Crippen molar-refractivity contribution >= 4 is 32.6 Å². The molecule has 3 aromatic rings. The van der Waals surface area contributed by atoms with Gasteiger partial charge in [-0.05, 0) is 25.5 Å². The molecule has 2 aromatic heterocycles. The molecule has 0 radical (unpaired) electrons. The van der Waals surface area contributed by atoms with Crippen molar-refractivity contribution in [2.24, 2.45) is 0 Å². The summed E-state index contributed by atoms with van der Waals surface area (Å²) in [7, 11) is -3.44. The molecule has 0 spiro atoms. The summed E-state index contributed by atoms with van der Waals surface area (Å²) in [5.74, 6) is 0.0194. The maximum atomic E-state index is 13.6. The molecular formula is C21H20F3N5O4S. The van der Waals surface area contributed by atoms with Crippen LogP contribution in [0.3, 0.4) is 0 Å². The van der Waals surface area contributed by atoms with Crippen molar-refractivity contribution in [3.63, 3.8) is 0 Å². The molecule has 4 heterocycles. The number of ether oxygens (including phenoxy) is 2. The Labute approximate surface area is 193 Å². The number of alkyl halides is 3. The molecular weight excluding hydrogens is 475 g/mol. The van der Waals surface area contributed by atoms with Gasteiger partial charge >= 0.3 is 12.2 Å². The van der Waals surface area contributed by atoms with Gasteiger partial charge in [0.1, 0.15) is 24.8 Å². The van der Waals surface area contributed by atoms with Gasteiger partial charge in [-0.25, -0.2) is 13.4 Å². The highest BCUT2D eigenvalue weighted by atomic mass is 32.2. The van der Waals surface area contributed by atoms with Gasteiger partial charge in [0.25, 0.3) is 0 Å². The van der Waals surface area contributed by atoms with Crippen LogP contribution >= 0.6 is 0 Å². The Morgan fingerprint density at radius 1 is 1.18 bits per heavy atom. The third-order valence-electron chi connectivity index (χ3n) is 5.64. The molecule has 34 heavy (non-hydrogen) atoms. The number of fused-ring (bicyclic) bond motifs is 5. The summed E-state index contributed by atoms with van der Waals surface area (Å²) in [5, 5.41) is 3.52. The van der Waals surface area contributed by atoms with E-state index in [1.165, 1.54) is 16.6 Å². The summed E-state index contributed by atoms with van der Waals surface area (Å²) in [6.45, 7) is 1.77. The van der Waals surface area contributed by atoms with Crippen molar-refractivity contribution < 1.29 is 31.1 Å². The van der Waals surface area contributed by atoms with Crippen LogP contribution in [-0.2, 0) is 16.2 Å². The number of hydrogen-bond donors (Lipinski definition) is 1. The van der Waals surface area contributed by atoms with Crippen LogP contribution in [0.25, 0.3) is 11.0 Å². The molecule has 0 unspecified atom stereocenters. The van der Waals surface area contributed by atoms with Crippen LogP contribution in [0.4, 0.5) is 24.7 Å². The van der Waals surface area contributed by atoms with Gasteiger partial charge in [-0.2, -0.15) is 23.1 Å². The Morgan fingerprint density at radius 3 is 2.71 bits per heavy atom. The molecule has 1 aromatic carbocycles. The second kappa shape index (κ2) is 8.15. The molecule has 1 atom stereocenters. The normalized spacial score (nSPS) is 20.0. The topological polar surface area (TPSA) is 107 Å². The zero-order valence-corrected chi connectivity index (χ0v) is 18.8. The summed E-state index contributed by atoms with van der Waals surface area (Å²) >= 11 is 0. The Hall–Kier alpha value is -3.35. The van der Waals surface area contributed by atoms with Crippen LogP contribution in [0.2, 0.25) is 0 Å². The van der Waals surface area contributed by atoms with Crippen molar-refractivity contribution in [3.8, 4) is 11.8 Å². The summed E-state index contributed by atoms with van der Waals surface area (Å²) in [6.07, 6.45) is -2.68. The Bertz CT molecular complexity index is 1370. The van der Waals surface area contributed by atoms with Crippen LogP contribution in [-0.4, -0.2) is 48.9 Å². The molecule has 2 aliphatic heterocycles. The molecule has 2 bridgehead atoms. The fraction of sp³-hybridized carbons (Fsp3) is 0.381. The highest BCUT2D eigenvalue weighted by Crippen LogP contribution is 2.41. The lowest BCUT2D eigenvalue weighted by Gasteiger charge is -2.22. The molecule has 5 rings (SSSR count). The van der Waals surface area contributed by atoms with Gasteiger partial charge in [0, 0.05) is 12.1 Å². The minimum atomic E-state index is -4.60. The number of halogens is 3. The van der Waals surface area contributed by atoms with E-state index in [4.69, 9.17) is 9.47 Å². The van der Waals surface area contributed by atoms with Crippen LogP contribution in [0.1, 0.15) is 30.5 Å². The number of anilines is 2. The molecule has 1 N–H and O–H groups in total. The van der Waals surface area contributed by atoms with Gasteiger partial charge in [0.15, 0.2) is 5.65 Å². The van der Waals surface area contributed by atoms with Gasteiger partial charge in [-0.3, -0.25) is 4.31 Å². The quantitative estimate of drug-likeness (QED) is 0.547. The Balaban J connectivity index is 1.62. The fourth-order valence-electron chi connectivity index (χ4n) is 4.06. The van der Waals surface area contributed by atoms with E-state index < -0.39 is 27.8 Å². The molecule has 9 nitrogen and oxygen atoms in total. The summed E-state index contributed by atoms with van der Waals surface area (Å²) in [4.78, 5) is 12.9. The van der Waals surface area contributed by atoms with Gasteiger partial charge in [-0.1, -0.05) is 12.1 Å². The monoisotopic (exact) mass is 495 g/mol. The number of para-hydroxylation sites is 1. The second-order valence-corrected chi connectivity index (χ2v) is 9.96. The number of hydrogen-bond acceptors (Lipinski definition) is 8. The average molecular weight is 495 g/mol. The molecule has 2 aliphatic rings. The maximum absolute atomic E-state index is 13.6. The third-order valence-corrected chi connectivity index (χ3v) is 7.50. The minimum Gasteiger partial charge on any atom is -0.489 e. The lowest BCUT2D eigenvalue weighted by Crippen LogP contribution is -2.25. The highest BCUT2D eigenvalue weighted by molar-refractivity contribution is 7.93. The van der Waals surface area contributed by atoms with Gasteiger partial charge in [-0.15, -0.1) is 0 Å². The van der Waals surface area contributed by atoms with E-state index in [1.807, 2.05) is 0 Å². The van der Waals surface area contributed by atoms with Crippen LogP contribution < -0.4 is 19.1 Å². The van der Waals surface area contributed by atoms with Crippen molar-refractivity contribution in [3.05, 3.63) is 41.6 Å². The largest absolute Gasteiger partial charge is 0.489 e. The van der Waals surface area contributed by atoms with E-state index in [0.717, 1.165) is 6.07 Å². The van der Waals surface area contributed by atoms with E-state index >= 15 is 0 Å². The summed E-state index contributed by atoms with van der Waals surface area (Å²) in [6, 6.07) is 4.76. The van der Waals surface area contributed by atoms with Crippen molar-refractivity contribution in [2.75, 3.05) is 35.1 Å². The smallest absolute Gasteiger partial charge is 0.419 e. The Morgan fingerprint density at radius 2 is 1.97 bits per heavy atom. The molecule has 13 heteroatoms. The Kier molecular flexibility index (Phi) is 5.38. The SMILES string of the molecule is C[C@H]1Nc2nc(nc3ncc(N4CCCS4(=O)=O)cc23)OCCOc2c1cccc2C(F)(F)F. The lowest BCUT2D eigenvalue weighted by atomic mass is 10.0. The predicted molar refractivity (Wildman–Crippen MR) is 118 cm³/mol. The van der Waals surface area contributed by atoms with Gasteiger partial charge in [0.05, 0.1) is 34.6 Å². The first kappa shape index (κ1) is 22.4. The van der Waals surface area contributed by atoms with E-state index in [9.17, 15) is 21.6 Å². The van der Waals surface area contributed by atoms with E-state index in [-0.39, 0.29) is 47.8 Å². The number of rotatable bonds is 1. The maximum Gasteiger partial charge on any atom is 0.419 e. The first-order valence-electron chi connectivity index (χ1n) is 10.5. The average Bonchev–Trinajstić information content (AvgIpc) is 3.13. The van der Waals surface area contributed by atoms with Crippen LogP contribution in [0.15, 0.2) is 30.5 Å². The van der Waals surface area contributed by atoms with E-state index in [1.54, 1.807) is 19.1 Å². The zero-order chi connectivity index (χ0) is 24.1. The summed E-state index contributed by atoms with van der Waals surface area (Å²) < 4.78 is 77.9. The summed E-state index contributed by atoms with van der Waals surface area (Å²) in [5.41, 5.74) is 0.0230. The number of benzene rings is 1. The molecule has 0 saturated carbocycles. The van der Waals surface area contributed by atoms with E-state index in [0.29, 0.717) is 24.0 Å². The molecule has 1 saturated heterocycles. The molecule has 0 aliphatic carbocycles. The number of pyridine rings is 1. The number of sulfonamides is 1. The van der Waals surface area contributed by atoms with Gasteiger partial charge in [0.2, 0.25) is 10.0 Å². The number of nitrogens with one attached hydrogen (secondary N) is 1. The van der Waals surface area contributed by atoms with Crippen LogP contribution in [0.5, 0.6) is 11.8 Å². The minimum absolute atomic E-state index is 0.0261. The van der Waals surface area contributed by atoms with Crippen LogP contribution in [0, 0.1) is 0 Å². The van der Waals surface area contributed by atoms with E-state index in [2.05, 4.69) is 20.3 Å². The predicted octanol–water partition coefficient (Wildman–Crippen LogP) is 3.53. The van der Waals surface area contributed by atoms with Gasteiger partial charge < -0.3 is 14.8 Å². The van der Waals surface area contributed by atoms with Crippen molar-refractivity contribution in [1.82, 2.24) is 15.0 Å². The van der Waals surface area contributed by atoms with Crippen molar-refractivity contribution in [2.45, 2.75) is 25.6 Å². The first-order valence-corrected chi connectivity index (χ1v) is 12.1. The zero-order valence-electron chi connectivity index (χ0n) is 18.0. The second-order valence-electron chi connectivity index (χ2n) is 7.95. The first-order chi connectivity index (χ1) is 16.1. The lowest BCUT2D eigenvalue weighted by molar-refractivity contribution is -0.139. The third kappa shape index (κ3) is 4.04. The highest BCUT2D eigenvalue weighted by Gasteiger charge is 2.36. The van der Waals surface area contributed by atoms with Crippen molar-refractivity contribution in [1.29, 1.82) is 0 Å². The molecule has 180 valence electrons. The number of aromatic nitrogens is 3. The molecule has 1 fully saturated rings. The molecule has 0 amide bonds.